The molecule has 0 bridgehead atoms. The van der Waals surface area contributed by atoms with Gasteiger partial charge in [0.2, 0.25) is 0 Å². The van der Waals surface area contributed by atoms with E-state index in [9.17, 15) is 18.0 Å². The average Bonchev–Trinajstić information content (AvgIpc) is 3.05. The third kappa shape index (κ3) is 3.92. The van der Waals surface area contributed by atoms with Gasteiger partial charge in [0.05, 0.1) is 11.9 Å². The van der Waals surface area contributed by atoms with Crippen molar-refractivity contribution >= 4 is 44.0 Å². The molecule has 1 N–H and O–H groups in total. The van der Waals surface area contributed by atoms with Gasteiger partial charge in [0.1, 0.15) is 0 Å². The van der Waals surface area contributed by atoms with Crippen LogP contribution in [-0.2, 0) is 14.8 Å². The first-order chi connectivity index (χ1) is 12.4. The van der Waals surface area contributed by atoms with E-state index in [-0.39, 0.29) is 27.2 Å². The van der Waals surface area contributed by atoms with Gasteiger partial charge >= 0.3 is 0 Å². The average molecular weight is 390 g/mol. The van der Waals surface area contributed by atoms with E-state index in [4.69, 9.17) is 0 Å². The summed E-state index contributed by atoms with van der Waals surface area (Å²) in [6.45, 7) is 1.39. The van der Waals surface area contributed by atoms with Crippen LogP contribution in [0, 0.1) is 0 Å². The normalized spacial score (nSPS) is 11.4. The largest absolute Gasteiger partial charge is 0.293 e. The summed E-state index contributed by atoms with van der Waals surface area (Å²) in [6.07, 6.45) is 4.30. The molecule has 10 heteroatoms. The number of benzene rings is 1. The molecule has 0 amide bonds. The second-order valence-corrected chi connectivity index (χ2v) is 8.09. The van der Waals surface area contributed by atoms with Crippen LogP contribution in [0.25, 0.3) is 5.65 Å². The Morgan fingerprint density at radius 3 is 2.65 bits per heavy atom. The molecule has 3 rings (SSSR count). The number of hydrogen-bond acceptors (Lipinski definition) is 7. The number of rotatable bonds is 6. The van der Waals surface area contributed by atoms with Crippen LogP contribution >= 0.6 is 11.8 Å². The molecule has 2 heterocycles. The van der Waals surface area contributed by atoms with E-state index >= 15 is 0 Å². The number of fused-ring (bicyclic) bond motifs is 1. The number of nitrogens with one attached hydrogen (secondary N) is 1. The highest BCUT2D eigenvalue weighted by Gasteiger charge is 2.21. The number of carbonyl (C=O) groups excluding carboxylic acids is 2. The van der Waals surface area contributed by atoms with E-state index in [1.165, 1.54) is 48.1 Å². The Kier molecular flexibility index (Phi) is 5.05. The zero-order valence-electron chi connectivity index (χ0n) is 13.6. The van der Waals surface area contributed by atoms with E-state index in [1.807, 2.05) is 0 Å². The van der Waals surface area contributed by atoms with Crippen LogP contribution in [0.5, 0.6) is 0 Å². The summed E-state index contributed by atoms with van der Waals surface area (Å²) in [6, 6.07) is 7.64. The van der Waals surface area contributed by atoms with Crippen molar-refractivity contribution in [2.24, 2.45) is 0 Å². The molecular weight excluding hydrogens is 376 g/mol. The maximum Gasteiger partial charge on any atom is 0.267 e. The lowest BCUT2D eigenvalue weighted by Crippen LogP contribution is -2.13. The first-order valence-corrected chi connectivity index (χ1v) is 9.91. The number of sulfonamides is 1. The van der Waals surface area contributed by atoms with Crippen molar-refractivity contribution in [3.63, 3.8) is 0 Å². The number of ketones is 1. The van der Waals surface area contributed by atoms with Crippen molar-refractivity contribution < 1.29 is 18.0 Å². The maximum atomic E-state index is 12.6. The van der Waals surface area contributed by atoms with Crippen LogP contribution < -0.4 is 4.72 Å². The third-order valence-electron chi connectivity index (χ3n) is 3.40. The molecule has 0 aliphatic heterocycles. The molecule has 3 aromatic rings. The SMILES string of the molecule is CC(=O)SCC(=O)c1ccc(NS(=O)(=O)c2cnn3cccnc23)cc1. The van der Waals surface area contributed by atoms with Crippen molar-refractivity contribution in [2.45, 2.75) is 11.8 Å². The molecule has 26 heavy (non-hydrogen) atoms. The number of carbonyl (C=O) groups is 2. The predicted molar refractivity (Wildman–Crippen MR) is 97.7 cm³/mol. The van der Waals surface area contributed by atoms with E-state index < -0.39 is 10.0 Å². The lowest BCUT2D eigenvalue weighted by atomic mass is 10.1. The summed E-state index contributed by atoms with van der Waals surface area (Å²) < 4.78 is 28.9. The first-order valence-electron chi connectivity index (χ1n) is 7.44. The minimum absolute atomic E-state index is 0.0453. The third-order valence-corrected chi connectivity index (χ3v) is 5.59. The fraction of sp³-hybridized carbons (Fsp3) is 0.125. The number of anilines is 1. The summed E-state index contributed by atoms with van der Waals surface area (Å²) in [5.74, 6) is -0.152. The summed E-state index contributed by atoms with van der Waals surface area (Å²) in [4.78, 5) is 26.8. The van der Waals surface area contributed by atoms with Crippen LogP contribution in [0.1, 0.15) is 17.3 Å². The minimum Gasteiger partial charge on any atom is -0.293 e. The molecule has 8 nitrogen and oxygen atoms in total. The molecule has 0 atom stereocenters. The Labute approximate surface area is 153 Å². The van der Waals surface area contributed by atoms with Gasteiger partial charge in [-0.25, -0.2) is 17.9 Å². The van der Waals surface area contributed by atoms with Crippen molar-refractivity contribution in [2.75, 3.05) is 10.5 Å². The Morgan fingerprint density at radius 2 is 1.96 bits per heavy atom. The number of aromatic nitrogens is 3. The predicted octanol–water partition coefficient (Wildman–Crippen LogP) is 1.99. The second kappa shape index (κ2) is 7.26. The second-order valence-electron chi connectivity index (χ2n) is 5.28. The molecule has 0 saturated heterocycles. The van der Waals surface area contributed by atoms with E-state index in [0.29, 0.717) is 11.3 Å². The van der Waals surface area contributed by atoms with Gasteiger partial charge < -0.3 is 0 Å². The summed E-state index contributed by atoms with van der Waals surface area (Å²) in [5, 5.41) is 3.82. The van der Waals surface area contributed by atoms with E-state index in [1.54, 1.807) is 12.3 Å². The maximum absolute atomic E-state index is 12.6. The highest BCUT2D eigenvalue weighted by molar-refractivity contribution is 8.14. The highest BCUT2D eigenvalue weighted by Crippen LogP contribution is 2.20. The number of hydrogen-bond donors (Lipinski definition) is 1. The molecule has 2 aromatic heterocycles. The molecule has 0 aliphatic rings. The molecule has 0 aliphatic carbocycles. The summed E-state index contributed by atoms with van der Waals surface area (Å²) >= 11 is 0.932. The van der Waals surface area contributed by atoms with Crippen LogP contribution in [0.3, 0.4) is 0 Å². The topological polar surface area (TPSA) is 110 Å². The summed E-state index contributed by atoms with van der Waals surface area (Å²) in [5.41, 5.74) is 0.920. The molecule has 134 valence electrons. The Hall–Kier alpha value is -2.72. The smallest absolute Gasteiger partial charge is 0.267 e. The van der Waals surface area contributed by atoms with Crippen LogP contribution in [0.15, 0.2) is 53.8 Å². The molecule has 0 saturated carbocycles. The van der Waals surface area contributed by atoms with Crippen LogP contribution in [0.4, 0.5) is 5.69 Å². The molecule has 0 radical (unpaired) electrons. The van der Waals surface area contributed by atoms with Gasteiger partial charge in [0.15, 0.2) is 21.4 Å². The zero-order chi connectivity index (χ0) is 18.7. The van der Waals surface area contributed by atoms with Crippen LogP contribution in [-0.4, -0.2) is 39.7 Å². The van der Waals surface area contributed by atoms with Gasteiger partial charge in [-0.1, -0.05) is 11.8 Å². The fourth-order valence-corrected chi connectivity index (χ4v) is 3.81. The van der Waals surface area contributed by atoms with Crippen LogP contribution in [0.2, 0.25) is 0 Å². The number of nitrogens with zero attached hydrogens (tertiary/aromatic N) is 3. The van der Waals surface area contributed by atoms with Crippen molar-refractivity contribution in [3.8, 4) is 0 Å². The monoisotopic (exact) mass is 390 g/mol. The van der Waals surface area contributed by atoms with Gasteiger partial charge in [-0.2, -0.15) is 5.10 Å². The standard InChI is InChI=1S/C16H14N4O4S2/c1-11(21)25-10-14(22)12-3-5-13(6-4-12)19-26(23,24)15-9-18-20-8-2-7-17-16(15)20/h2-9,19H,10H2,1H3. The molecule has 0 fully saturated rings. The van der Waals surface area contributed by atoms with Gasteiger partial charge in [-0.15, -0.1) is 0 Å². The Balaban J connectivity index is 1.78. The minimum atomic E-state index is -3.88. The quantitative estimate of drug-likeness (QED) is 0.641. The van der Waals surface area contributed by atoms with Gasteiger partial charge in [0, 0.05) is 30.6 Å². The molecule has 0 unspecified atom stereocenters. The number of Topliss-reactive ketones (excluding diaryl/α,β-unsaturated/α-hetero) is 1. The van der Waals surface area contributed by atoms with Crippen molar-refractivity contribution in [1.29, 1.82) is 0 Å². The Bertz CT molecular complexity index is 1080. The van der Waals surface area contributed by atoms with Crippen molar-refractivity contribution in [1.82, 2.24) is 14.6 Å². The van der Waals surface area contributed by atoms with Gasteiger partial charge in [-0.3, -0.25) is 14.3 Å². The highest BCUT2D eigenvalue weighted by atomic mass is 32.2. The first kappa shape index (κ1) is 18.1. The van der Waals surface area contributed by atoms with Gasteiger partial charge in [-0.05, 0) is 30.3 Å². The van der Waals surface area contributed by atoms with E-state index in [2.05, 4.69) is 14.8 Å². The summed E-state index contributed by atoms with van der Waals surface area (Å²) in [7, 11) is -3.88. The van der Waals surface area contributed by atoms with E-state index in [0.717, 1.165) is 11.8 Å². The molecular formula is C16H14N4O4S2. The number of thioether (sulfide) groups is 1. The zero-order valence-corrected chi connectivity index (χ0v) is 15.3. The lowest BCUT2D eigenvalue weighted by Gasteiger charge is -2.07. The fourth-order valence-electron chi connectivity index (χ4n) is 2.18. The van der Waals surface area contributed by atoms with Crippen molar-refractivity contribution in [3.05, 3.63) is 54.5 Å². The molecule has 0 spiro atoms. The Morgan fingerprint density at radius 1 is 1.23 bits per heavy atom. The van der Waals surface area contributed by atoms with Gasteiger partial charge in [0.25, 0.3) is 10.0 Å². The molecule has 1 aromatic carbocycles. The lowest BCUT2D eigenvalue weighted by molar-refractivity contribution is -0.109.